The van der Waals surface area contributed by atoms with Gasteiger partial charge >= 0.3 is 0 Å². The van der Waals surface area contributed by atoms with E-state index >= 15 is 0 Å². The number of hydrogen-bond donors (Lipinski definition) is 2. The van der Waals surface area contributed by atoms with Crippen molar-refractivity contribution in [2.75, 3.05) is 6.54 Å². The zero-order valence-corrected chi connectivity index (χ0v) is 20.1. The molecule has 1 aliphatic heterocycles. The van der Waals surface area contributed by atoms with Gasteiger partial charge in [0.05, 0.1) is 19.8 Å². The smallest absolute Gasteiger partial charge is 0.135 e. The van der Waals surface area contributed by atoms with Gasteiger partial charge in [-0.05, 0) is 22.3 Å². The summed E-state index contributed by atoms with van der Waals surface area (Å²) in [5, 5.41) is 24.9. The lowest BCUT2D eigenvalue weighted by Gasteiger charge is -2.40. The summed E-state index contributed by atoms with van der Waals surface area (Å²) < 4.78 is 12.8. The maximum absolute atomic E-state index is 12.5. The molecule has 0 aromatic heterocycles. The van der Waals surface area contributed by atoms with Crippen LogP contribution in [0.3, 0.4) is 0 Å². The van der Waals surface area contributed by atoms with E-state index in [1.807, 2.05) is 121 Å². The maximum Gasteiger partial charge on any atom is 0.135 e. The monoisotopic (exact) mass is 481 g/mol. The van der Waals surface area contributed by atoms with Gasteiger partial charge in [0.1, 0.15) is 23.9 Å². The van der Waals surface area contributed by atoms with Gasteiger partial charge < -0.3 is 19.8 Å². The molecule has 1 heterocycles. The molecule has 1 fully saturated rings. The van der Waals surface area contributed by atoms with Crippen LogP contribution >= 0.6 is 0 Å². The van der Waals surface area contributed by atoms with Crippen LogP contribution in [0.1, 0.15) is 22.3 Å². The Morgan fingerprint density at radius 2 is 1.06 bits per heavy atom. The molecule has 36 heavy (non-hydrogen) atoms. The summed E-state index contributed by atoms with van der Waals surface area (Å²) in [5.41, 5.74) is 1.87. The van der Waals surface area contributed by atoms with E-state index in [2.05, 4.69) is 0 Å². The zero-order chi connectivity index (χ0) is 24.8. The highest BCUT2D eigenvalue weighted by Gasteiger charge is 2.55. The average Bonchev–Trinajstić information content (AvgIpc) is 3.27. The van der Waals surface area contributed by atoms with Gasteiger partial charge in [-0.15, -0.1) is 0 Å². The Labute approximate surface area is 212 Å². The Bertz CT molecular complexity index is 1170. The Kier molecular flexibility index (Phi) is 7.56. The molecule has 0 amide bonds. The minimum absolute atomic E-state index is 0.207. The van der Waals surface area contributed by atoms with Crippen molar-refractivity contribution >= 4 is 0 Å². The summed E-state index contributed by atoms with van der Waals surface area (Å²) >= 11 is 0. The van der Waals surface area contributed by atoms with Crippen LogP contribution in [-0.4, -0.2) is 40.2 Å². The molecule has 5 nitrogen and oxygen atoms in total. The molecule has 0 bridgehead atoms. The molecule has 3 atom stereocenters. The third-order valence-electron chi connectivity index (χ3n) is 6.81. The molecule has 1 saturated heterocycles. The quantitative estimate of drug-likeness (QED) is 0.346. The molecule has 0 saturated carbocycles. The fourth-order valence-electron chi connectivity index (χ4n) is 5.01. The van der Waals surface area contributed by atoms with Crippen LogP contribution in [0, 0.1) is 0 Å². The first kappa shape index (κ1) is 24.4. The van der Waals surface area contributed by atoms with Crippen molar-refractivity contribution in [3.8, 4) is 0 Å². The van der Waals surface area contributed by atoms with Crippen LogP contribution in [0.25, 0.3) is 0 Å². The molecular weight excluding hydrogens is 450 g/mol. The largest absolute Gasteiger partial charge is 0.379 e. The first-order valence-electron chi connectivity index (χ1n) is 12.3. The lowest BCUT2D eigenvalue weighted by molar-refractivity contribution is -0.181. The Hall–Kier alpha value is -3.32. The molecule has 2 N–H and O–H groups in total. The number of hydroxylamine groups is 2. The summed E-state index contributed by atoms with van der Waals surface area (Å²) in [4.78, 5) is 0. The standard InChI is InChI=1S/C31H31NO4/c33-31(26-17-9-3-10-18-26,27-19-11-4-12-20-27)30-29(36-23-25-15-7-2-8-16-25)28(21-32(30)34)35-22-24-13-5-1-6-14-24/h1-20,28-30,33-34H,21-23H2/t28-,29+,30+/m0/s1. The third-order valence-corrected chi connectivity index (χ3v) is 6.81. The van der Waals surface area contributed by atoms with Crippen molar-refractivity contribution in [1.82, 2.24) is 5.06 Å². The summed E-state index contributed by atoms with van der Waals surface area (Å²) in [6, 6.07) is 38.0. The van der Waals surface area contributed by atoms with E-state index < -0.39 is 23.9 Å². The van der Waals surface area contributed by atoms with E-state index in [-0.39, 0.29) is 6.54 Å². The topological polar surface area (TPSA) is 62.2 Å². The SMILES string of the molecule is ON1C[C@H](OCc2ccccc2)[C@@H](OCc2ccccc2)[C@@H]1C(O)(c1ccccc1)c1ccccc1. The second-order valence-electron chi connectivity index (χ2n) is 9.16. The van der Waals surface area contributed by atoms with Crippen molar-refractivity contribution in [3.63, 3.8) is 0 Å². The first-order chi connectivity index (χ1) is 17.7. The Balaban J connectivity index is 1.51. The zero-order valence-electron chi connectivity index (χ0n) is 20.1. The fraction of sp³-hybridized carbons (Fsp3) is 0.226. The van der Waals surface area contributed by atoms with E-state index in [0.717, 1.165) is 11.1 Å². The van der Waals surface area contributed by atoms with Gasteiger partial charge in [-0.1, -0.05) is 121 Å². The lowest BCUT2D eigenvalue weighted by Crippen LogP contribution is -2.53. The molecule has 184 valence electrons. The number of nitrogens with zero attached hydrogens (tertiary/aromatic N) is 1. The van der Waals surface area contributed by atoms with Crippen LogP contribution in [0.15, 0.2) is 121 Å². The molecule has 5 heteroatoms. The minimum Gasteiger partial charge on any atom is -0.379 e. The first-order valence-corrected chi connectivity index (χ1v) is 12.3. The minimum atomic E-state index is -1.54. The van der Waals surface area contributed by atoms with E-state index in [1.165, 1.54) is 5.06 Å². The van der Waals surface area contributed by atoms with Gasteiger partial charge in [0.15, 0.2) is 0 Å². The van der Waals surface area contributed by atoms with Crippen LogP contribution in [0.4, 0.5) is 0 Å². The lowest BCUT2D eigenvalue weighted by atomic mass is 9.78. The number of ether oxygens (including phenoxy) is 2. The summed E-state index contributed by atoms with van der Waals surface area (Å²) in [7, 11) is 0. The molecule has 4 aromatic carbocycles. The molecule has 0 unspecified atom stereocenters. The van der Waals surface area contributed by atoms with Crippen molar-refractivity contribution in [2.45, 2.75) is 37.1 Å². The second kappa shape index (κ2) is 11.2. The number of rotatable bonds is 9. The number of hydrogen-bond acceptors (Lipinski definition) is 5. The van der Waals surface area contributed by atoms with Crippen molar-refractivity contribution in [2.24, 2.45) is 0 Å². The molecule has 0 aliphatic carbocycles. The average molecular weight is 482 g/mol. The van der Waals surface area contributed by atoms with Crippen molar-refractivity contribution < 1.29 is 19.8 Å². The summed E-state index contributed by atoms with van der Waals surface area (Å²) in [6.45, 7) is 0.923. The van der Waals surface area contributed by atoms with Crippen LogP contribution < -0.4 is 0 Å². The van der Waals surface area contributed by atoms with Crippen molar-refractivity contribution in [3.05, 3.63) is 144 Å². The molecule has 0 radical (unpaired) electrons. The molecule has 5 rings (SSSR count). The normalized spacial score (nSPS) is 20.4. The maximum atomic E-state index is 12.5. The van der Waals surface area contributed by atoms with Gasteiger partial charge in [-0.2, -0.15) is 5.06 Å². The van der Waals surface area contributed by atoms with Crippen LogP contribution in [0.2, 0.25) is 0 Å². The summed E-state index contributed by atoms with van der Waals surface area (Å²) in [5.74, 6) is 0. The van der Waals surface area contributed by atoms with E-state index in [9.17, 15) is 10.3 Å². The number of aliphatic hydroxyl groups is 1. The highest BCUT2D eigenvalue weighted by molar-refractivity contribution is 5.39. The van der Waals surface area contributed by atoms with Crippen LogP contribution in [-0.2, 0) is 28.3 Å². The van der Waals surface area contributed by atoms with Gasteiger partial charge in [-0.25, -0.2) is 0 Å². The fourth-order valence-corrected chi connectivity index (χ4v) is 5.01. The van der Waals surface area contributed by atoms with Gasteiger partial charge in [0, 0.05) is 0 Å². The highest BCUT2D eigenvalue weighted by Crippen LogP contribution is 2.42. The van der Waals surface area contributed by atoms with Crippen molar-refractivity contribution in [1.29, 1.82) is 0 Å². The van der Waals surface area contributed by atoms with E-state index in [1.54, 1.807) is 0 Å². The predicted octanol–water partition coefficient (Wildman–Crippen LogP) is 5.17. The number of benzene rings is 4. The highest BCUT2D eigenvalue weighted by atomic mass is 16.6. The third kappa shape index (κ3) is 5.12. The van der Waals surface area contributed by atoms with E-state index in [4.69, 9.17) is 9.47 Å². The second-order valence-corrected chi connectivity index (χ2v) is 9.16. The molecule has 0 spiro atoms. The van der Waals surface area contributed by atoms with Gasteiger partial charge in [0.25, 0.3) is 0 Å². The molecular formula is C31H31NO4. The van der Waals surface area contributed by atoms with Gasteiger partial charge in [-0.3, -0.25) is 0 Å². The van der Waals surface area contributed by atoms with Gasteiger partial charge in [0.2, 0.25) is 0 Å². The van der Waals surface area contributed by atoms with Crippen LogP contribution in [0.5, 0.6) is 0 Å². The molecule has 1 aliphatic rings. The van der Waals surface area contributed by atoms with E-state index in [0.29, 0.717) is 24.3 Å². The molecule has 4 aromatic rings. The Morgan fingerprint density at radius 3 is 1.53 bits per heavy atom. The predicted molar refractivity (Wildman–Crippen MR) is 138 cm³/mol. The Morgan fingerprint density at radius 1 is 0.639 bits per heavy atom. The summed E-state index contributed by atoms with van der Waals surface area (Å²) in [6.07, 6.45) is -1.06.